The minimum atomic E-state index is -0.846. The number of para-hydroxylation sites is 1. The fourth-order valence-electron chi connectivity index (χ4n) is 4.51. The van der Waals surface area contributed by atoms with Gasteiger partial charge in [-0.1, -0.05) is 38.1 Å². The predicted molar refractivity (Wildman–Crippen MR) is 99.2 cm³/mol. The van der Waals surface area contributed by atoms with Crippen LogP contribution in [0.25, 0.3) is 0 Å². The Balaban J connectivity index is 1.98. The molecule has 2 aliphatic heterocycles. The van der Waals surface area contributed by atoms with Crippen molar-refractivity contribution in [2.45, 2.75) is 25.3 Å². The van der Waals surface area contributed by atoms with Crippen LogP contribution in [-0.4, -0.2) is 31.3 Å². The molecule has 1 N–H and O–H groups in total. The quantitative estimate of drug-likeness (QED) is 0.913. The van der Waals surface area contributed by atoms with Crippen LogP contribution in [0.5, 0.6) is 11.5 Å². The van der Waals surface area contributed by atoms with Crippen LogP contribution in [-0.2, 0) is 10.2 Å². The summed E-state index contributed by atoms with van der Waals surface area (Å²) in [7, 11) is 1.64. The summed E-state index contributed by atoms with van der Waals surface area (Å²) in [5.74, 6) is 0.778. The monoisotopic (exact) mass is 353 g/mol. The molecule has 2 aromatic rings. The fraction of sp³-hybridized carbons (Fsp3) is 0.381. The van der Waals surface area contributed by atoms with E-state index in [0.29, 0.717) is 6.61 Å². The number of ether oxygens (including phenoxy) is 2. The molecule has 0 saturated carbocycles. The van der Waals surface area contributed by atoms with Crippen molar-refractivity contribution in [3.05, 3.63) is 53.6 Å². The van der Waals surface area contributed by atoms with Crippen LogP contribution in [0.15, 0.2) is 42.5 Å². The van der Waals surface area contributed by atoms with Gasteiger partial charge in [0.05, 0.1) is 25.3 Å². The molecule has 5 nitrogen and oxygen atoms in total. The first kappa shape index (κ1) is 16.8. The Labute approximate surface area is 153 Å². The van der Waals surface area contributed by atoms with Gasteiger partial charge >= 0.3 is 5.97 Å². The van der Waals surface area contributed by atoms with Crippen molar-refractivity contribution in [3.8, 4) is 11.5 Å². The smallest absolute Gasteiger partial charge is 0.323 e. The number of methoxy groups -OCH3 is 1. The molecule has 0 aliphatic carbocycles. The van der Waals surface area contributed by atoms with Gasteiger partial charge in [0.1, 0.15) is 18.0 Å². The van der Waals surface area contributed by atoms with Gasteiger partial charge in [0.25, 0.3) is 0 Å². The number of hydrogen-bond acceptors (Lipinski definition) is 4. The largest absolute Gasteiger partial charge is 0.496 e. The van der Waals surface area contributed by atoms with E-state index < -0.39 is 5.97 Å². The number of carboxylic acids is 1. The molecule has 0 aromatic heterocycles. The van der Waals surface area contributed by atoms with Gasteiger partial charge in [-0.25, -0.2) is 0 Å². The first-order valence-corrected chi connectivity index (χ1v) is 8.82. The molecule has 0 spiro atoms. The maximum atomic E-state index is 11.7. The van der Waals surface area contributed by atoms with E-state index in [4.69, 9.17) is 9.47 Å². The molecule has 2 heterocycles. The fourth-order valence-corrected chi connectivity index (χ4v) is 4.51. The van der Waals surface area contributed by atoms with Crippen molar-refractivity contribution in [2.24, 2.45) is 5.92 Å². The van der Waals surface area contributed by atoms with Crippen LogP contribution in [0, 0.1) is 5.92 Å². The lowest BCUT2D eigenvalue weighted by Crippen LogP contribution is -2.52. The number of anilines is 1. The van der Waals surface area contributed by atoms with Gasteiger partial charge in [-0.2, -0.15) is 0 Å². The Hall–Kier alpha value is -2.69. The van der Waals surface area contributed by atoms with Crippen molar-refractivity contribution in [1.82, 2.24) is 0 Å². The third kappa shape index (κ3) is 2.34. The van der Waals surface area contributed by atoms with Crippen molar-refractivity contribution in [1.29, 1.82) is 0 Å². The Morgan fingerprint density at radius 3 is 2.77 bits per heavy atom. The molecule has 0 saturated heterocycles. The maximum Gasteiger partial charge on any atom is 0.323 e. The molecule has 26 heavy (non-hydrogen) atoms. The number of hydrogen-bond donors (Lipinski definition) is 1. The van der Waals surface area contributed by atoms with Crippen LogP contribution in [0.4, 0.5) is 5.69 Å². The summed E-state index contributed by atoms with van der Waals surface area (Å²) >= 11 is 0. The van der Waals surface area contributed by atoms with E-state index in [2.05, 4.69) is 19.9 Å². The summed E-state index contributed by atoms with van der Waals surface area (Å²) in [6.45, 7) is 4.91. The predicted octanol–water partition coefficient (Wildman–Crippen LogP) is 3.63. The van der Waals surface area contributed by atoms with Crippen LogP contribution in [0.1, 0.15) is 31.0 Å². The van der Waals surface area contributed by atoms with Crippen LogP contribution in [0.3, 0.4) is 0 Å². The second-order valence-electron chi connectivity index (χ2n) is 7.49. The second kappa shape index (κ2) is 5.94. The van der Waals surface area contributed by atoms with Crippen LogP contribution in [0.2, 0.25) is 0 Å². The minimum Gasteiger partial charge on any atom is -0.496 e. The molecule has 0 amide bonds. The first-order valence-electron chi connectivity index (χ1n) is 8.82. The molecule has 2 aromatic carbocycles. The van der Waals surface area contributed by atoms with E-state index >= 15 is 0 Å². The molecule has 2 aliphatic rings. The van der Waals surface area contributed by atoms with E-state index in [9.17, 15) is 9.90 Å². The highest BCUT2D eigenvalue weighted by atomic mass is 16.5. The standard InChI is InChI=1S/C21H23NO4/c1-21(2)13-7-4-5-8-15(13)22(11-18(23)24)20-14(21)12-26-17-10-6-9-16(25-3)19(17)20/h4-10,14,20H,11-12H2,1-3H3,(H,23,24)/t14-,20+/m1/s1. The number of rotatable bonds is 3. The summed E-state index contributed by atoms with van der Waals surface area (Å²) in [6, 6.07) is 13.7. The molecule has 5 heteroatoms. The Morgan fingerprint density at radius 2 is 2.04 bits per heavy atom. The minimum absolute atomic E-state index is 0.0637. The number of aliphatic carboxylic acids is 1. The van der Waals surface area contributed by atoms with Gasteiger partial charge in [0, 0.05) is 17.0 Å². The maximum absolute atomic E-state index is 11.7. The lowest BCUT2D eigenvalue weighted by Gasteiger charge is -2.53. The third-order valence-electron chi connectivity index (χ3n) is 5.82. The molecule has 136 valence electrons. The zero-order valence-electron chi connectivity index (χ0n) is 15.2. The molecule has 2 atom stereocenters. The number of nitrogens with zero attached hydrogens (tertiary/aromatic N) is 1. The van der Waals surface area contributed by atoms with Gasteiger partial charge in [0.15, 0.2) is 0 Å². The second-order valence-corrected chi connectivity index (χ2v) is 7.49. The molecule has 0 radical (unpaired) electrons. The lowest BCUT2D eigenvalue weighted by molar-refractivity contribution is -0.135. The molecular weight excluding hydrogens is 330 g/mol. The Morgan fingerprint density at radius 1 is 1.27 bits per heavy atom. The SMILES string of the molecule is COc1cccc2c1[C@@H]1[C@@H](CO2)C(C)(C)c2ccccc2N1CC(=O)O. The van der Waals surface area contributed by atoms with Crippen molar-refractivity contribution in [3.63, 3.8) is 0 Å². The topological polar surface area (TPSA) is 59.0 Å². The van der Waals surface area contributed by atoms with Crippen LogP contribution >= 0.6 is 0 Å². The van der Waals surface area contributed by atoms with Gasteiger partial charge in [-0.3, -0.25) is 4.79 Å². The molecule has 4 rings (SSSR count). The summed E-state index contributed by atoms with van der Waals surface area (Å²) in [5, 5.41) is 9.58. The normalized spacial score (nSPS) is 22.5. The summed E-state index contributed by atoms with van der Waals surface area (Å²) in [6.07, 6.45) is 0. The van der Waals surface area contributed by atoms with Gasteiger partial charge < -0.3 is 19.5 Å². The molecule has 0 unspecified atom stereocenters. The Kier molecular flexibility index (Phi) is 3.83. The summed E-state index contributed by atoms with van der Waals surface area (Å²) in [5.41, 5.74) is 2.91. The van der Waals surface area contributed by atoms with E-state index in [-0.39, 0.29) is 23.9 Å². The number of carboxylic acid groups (broad SMARTS) is 1. The number of carbonyl (C=O) groups is 1. The number of fused-ring (bicyclic) bond motifs is 4. The first-order chi connectivity index (χ1) is 12.4. The van der Waals surface area contributed by atoms with E-state index in [1.807, 2.05) is 41.3 Å². The summed E-state index contributed by atoms with van der Waals surface area (Å²) in [4.78, 5) is 13.7. The van der Waals surface area contributed by atoms with Gasteiger partial charge in [-0.05, 0) is 23.8 Å². The average Bonchev–Trinajstić information content (AvgIpc) is 2.64. The zero-order valence-corrected chi connectivity index (χ0v) is 15.2. The van der Waals surface area contributed by atoms with Gasteiger partial charge in [-0.15, -0.1) is 0 Å². The summed E-state index contributed by atoms with van der Waals surface area (Å²) < 4.78 is 11.7. The zero-order chi connectivity index (χ0) is 18.5. The van der Waals surface area contributed by atoms with E-state index in [1.165, 1.54) is 0 Å². The van der Waals surface area contributed by atoms with Crippen molar-refractivity contribution >= 4 is 11.7 Å². The van der Waals surface area contributed by atoms with Crippen LogP contribution < -0.4 is 14.4 Å². The third-order valence-corrected chi connectivity index (χ3v) is 5.82. The van der Waals surface area contributed by atoms with E-state index in [1.54, 1.807) is 7.11 Å². The highest BCUT2D eigenvalue weighted by molar-refractivity contribution is 5.77. The molecule has 0 fully saturated rings. The van der Waals surface area contributed by atoms with Crippen molar-refractivity contribution in [2.75, 3.05) is 25.2 Å². The average molecular weight is 353 g/mol. The lowest BCUT2D eigenvalue weighted by atomic mass is 9.64. The van der Waals surface area contributed by atoms with Gasteiger partial charge in [0.2, 0.25) is 0 Å². The molecule has 0 bridgehead atoms. The molecular formula is C21H23NO4. The highest BCUT2D eigenvalue weighted by Crippen LogP contribution is 2.56. The number of benzene rings is 2. The highest BCUT2D eigenvalue weighted by Gasteiger charge is 2.50. The van der Waals surface area contributed by atoms with E-state index in [0.717, 1.165) is 28.3 Å². The van der Waals surface area contributed by atoms with Crippen molar-refractivity contribution < 1.29 is 19.4 Å². The Bertz CT molecular complexity index is 847.